The molecule has 94 valence electrons. The monoisotopic (exact) mass is 260 g/mol. The quantitative estimate of drug-likeness (QED) is 0.851. The molecule has 0 aliphatic carbocycles. The first kappa shape index (κ1) is 13.9. The zero-order valence-electron chi connectivity index (χ0n) is 9.37. The van der Waals surface area contributed by atoms with E-state index in [0.717, 1.165) is 12.1 Å². The van der Waals surface area contributed by atoms with E-state index in [1.54, 1.807) is 0 Å². The predicted molar refractivity (Wildman–Crippen MR) is 66.0 cm³/mol. The zero-order chi connectivity index (χ0) is 12.8. The van der Waals surface area contributed by atoms with Gasteiger partial charge in [-0.15, -0.1) is 0 Å². The number of nitrogens with two attached hydrogens (primary N) is 1. The standard InChI is InChI=1S/C11H14F2N2OS/c1-7(14)5-17-6-11(16)15-10-3-2-8(12)4-9(10)13/h2-4,7H,5-6,14H2,1H3,(H,15,16). The molecule has 1 amide bonds. The Bertz CT molecular complexity index is 399. The average molecular weight is 260 g/mol. The molecular weight excluding hydrogens is 246 g/mol. The number of carbonyl (C=O) groups is 1. The second kappa shape index (κ2) is 6.56. The van der Waals surface area contributed by atoms with E-state index in [4.69, 9.17) is 5.73 Å². The van der Waals surface area contributed by atoms with Gasteiger partial charge in [-0.25, -0.2) is 8.78 Å². The molecule has 6 heteroatoms. The Morgan fingerprint density at radius 1 is 1.53 bits per heavy atom. The SMILES string of the molecule is CC(N)CSCC(=O)Nc1ccc(F)cc1F. The Balaban J connectivity index is 2.45. The van der Waals surface area contributed by atoms with E-state index in [2.05, 4.69) is 5.32 Å². The summed E-state index contributed by atoms with van der Waals surface area (Å²) in [6.45, 7) is 1.84. The molecular formula is C11H14F2N2OS. The van der Waals surface area contributed by atoms with Crippen LogP contribution in [0.4, 0.5) is 14.5 Å². The topological polar surface area (TPSA) is 55.1 Å². The molecule has 0 aliphatic rings. The number of rotatable bonds is 5. The van der Waals surface area contributed by atoms with Crippen molar-refractivity contribution in [2.75, 3.05) is 16.8 Å². The Kier molecular flexibility index (Phi) is 5.37. The van der Waals surface area contributed by atoms with Crippen molar-refractivity contribution in [3.63, 3.8) is 0 Å². The molecule has 0 aromatic heterocycles. The summed E-state index contributed by atoms with van der Waals surface area (Å²) >= 11 is 1.36. The first-order valence-corrected chi connectivity index (χ1v) is 6.22. The number of anilines is 1. The smallest absolute Gasteiger partial charge is 0.234 e. The molecule has 0 aliphatic heterocycles. The van der Waals surface area contributed by atoms with Crippen LogP contribution in [0.2, 0.25) is 0 Å². The summed E-state index contributed by atoms with van der Waals surface area (Å²) in [6, 6.07) is 3.02. The lowest BCUT2D eigenvalue weighted by Crippen LogP contribution is -2.21. The van der Waals surface area contributed by atoms with Crippen molar-refractivity contribution in [2.45, 2.75) is 13.0 Å². The Labute approximate surface area is 103 Å². The first-order chi connectivity index (χ1) is 7.99. The summed E-state index contributed by atoms with van der Waals surface area (Å²) in [4.78, 5) is 11.4. The van der Waals surface area contributed by atoms with E-state index < -0.39 is 11.6 Å². The number of amides is 1. The first-order valence-electron chi connectivity index (χ1n) is 5.07. The van der Waals surface area contributed by atoms with Gasteiger partial charge in [0.25, 0.3) is 0 Å². The fraction of sp³-hybridized carbons (Fsp3) is 0.364. The van der Waals surface area contributed by atoms with E-state index in [9.17, 15) is 13.6 Å². The minimum atomic E-state index is -0.782. The van der Waals surface area contributed by atoms with Gasteiger partial charge in [-0.3, -0.25) is 4.79 Å². The maximum atomic E-state index is 13.2. The van der Waals surface area contributed by atoms with Crippen molar-refractivity contribution in [1.82, 2.24) is 0 Å². The summed E-state index contributed by atoms with van der Waals surface area (Å²) in [5.74, 6) is -0.943. The van der Waals surface area contributed by atoms with E-state index in [-0.39, 0.29) is 23.4 Å². The van der Waals surface area contributed by atoms with E-state index >= 15 is 0 Å². The van der Waals surface area contributed by atoms with Gasteiger partial charge >= 0.3 is 0 Å². The van der Waals surface area contributed by atoms with Crippen LogP contribution in [0.3, 0.4) is 0 Å². The zero-order valence-corrected chi connectivity index (χ0v) is 10.2. The molecule has 1 unspecified atom stereocenters. The molecule has 3 N–H and O–H groups in total. The lowest BCUT2D eigenvalue weighted by atomic mass is 10.3. The highest BCUT2D eigenvalue weighted by Gasteiger charge is 2.08. The van der Waals surface area contributed by atoms with Crippen LogP contribution >= 0.6 is 11.8 Å². The number of benzene rings is 1. The van der Waals surface area contributed by atoms with Crippen molar-refractivity contribution < 1.29 is 13.6 Å². The molecule has 1 atom stereocenters. The minimum absolute atomic E-state index is 0.00959. The largest absolute Gasteiger partial charge is 0.327 e. The van der Waals surface area contributed by atoms with Crippen molar-refractivity contribution in [1.29, 1.82) is 0 Å². The van der Waals surface area contributed by atoms with Crippen molar-refractivity contribution in [3.8, 4) is 0 Å². The van der Waals surface area contributed by atoms with E-state index in [0.29, 0.717) is 5.75 Å². The van der Waals surface area contributed by atoms with Crippen LogP contribution in [0, 0.1) is 11.6 Å². The molecule has 0 saturated carbocycles. The van der Waals surface area contributed by atoms with Crippen molar-refractivity contribution in [3.05, 3.63) is 29.8 Å². The van der Waals surface area contributed by atoms with Crippen molar-refractivity contribution >= 4 is 23.4 Å². The third-order valence-corrected chi connectivity index (χ3v) is 3.05. The van der Waals surface area contributed by atoms with Gasteiger partial charge in [0.1, 0.15) is 11.6 Å². The second-order valence-corrected chi connectivity index (χ2v) is 4.70. The Morgan fingerprint density at radius 3 is 2.82 bits per heavy atom. The molecule has 17 heavy (non-hydrogen) atoms. The van der Waals surface area contributed by atoms with E-state index in [1.165, 1.54) is 17.8 Å². The Hall–Kier alpha value is -1.14. The van der Waals surface area contributed by atoms with Crippen LogP contribution in [0.5, 0.6) is 0 Å². The summed E-state index contributed by atoms with van der Waals surface area (Å²) in [7, 11) is 0. The lowest BCUT2D eigenvalue weighted by molar-refractivity contribution is -0.113. The number of nitrogens with one attached hydrogen (secondary N) is 1. The molecule has 0 fully saturated rings. The molecule has 0 spiro atoms. The molecule has 0 saturated heterocycles. The maximum absolute atomic E-state index is 13.2. The fourth-order valence-corrected chi connectivity index (χ4v) is 1.86. The maximum Gasteiger partial charge on any atom is 0.234 e. The molecule has 3 nitrogen and oxygen atoms in total. The molecule has 1 aromatic rings. The third-order valence-electron chi connectivity index (χ3n) is 1.82. The van der Waals surface area contributed by atoms with E-state index in [1.807, 2.05) is 6.92 Å². The number of carbonyl (C=O) groups excluding carboxylic acids is 1. The van der Waals surface area contributed by atoms with Gasteiger partial charge in [0.15, 0.2) is 0 Å². The van der Waals surface area contributed by atoms with Crippen LogP contribution in [-0.2, 0) is 4.79 Å². The third kappa shape index (κ3) is 5.14. The van der Waals surface area contributed by atoms with Gasteiger partial charge < -0.3 is 11.1 Å². The van der Waals surface area contributed by atoms with Crippen LogP contribution in [0.25, 0.3) is 0 Å². The number of thioether (sulfide) groups is 1. The van der Waals surface area contributed by atoms with Gasteiger partial charge in [0, 0.05) is 17.9 Å². The Morgan fingerprint density at radius 2 is 2.24 bits per heavy atom. The fourth-order valence-electron chi connectivity index (χ4n) is 1.11. The number of halogens is 2. The predicted octanol–water partition coefficient (Wildman–Crippen LogP) is 1.98. The highest BCUT2D eigenvalue weighted by Crippen LogP contribution is 2.15. The van der Waals surface area contributed by atoms with Crippen LogP contribution in [0.1, 0.15) is 6.92 Å². The molecule has 1 aromatic carbocycles. The number of hydrogen-bond donors (Lipinski definition) is 2. The lowest BCUT2D eigenvalue weighted by Gasteiger charge is -2.07. The average Bonchev–Trinajstić information content (AvgIpc) is 2.21. The highest BCUT2D eigenvalue weighted by atomic mass is 32.2. The van der Waals surface area contributed by atoms with Crippen LogP contribution in [-0.4, -0.2) is 23.5 Å². The second-order valence-electron chi connectivity index (χ2n) is 3.66. The molecule has 0 heterocycles. The van der Waals surface area contributed by atoms with Gasteiger partial charge in [0.05, 0.1) is 11.4 Å². The molecule has 0 bridgehead atoms. The van der Waals surface area contributed by atoms with Gasteiger partial charge in [-0.05, 0) is 19.1 Å². The highest BCUT2D eigenvalue weighted by molar-refractivity contribution is 8.00. The van der Waals surface area contributed by atoms with Gasteiger partial charge in [0.2, 0.25) is 5.91 Å². The number of hydrogen-bond acceptors (Lipinski definition) is 3. The van der Waals surface area contributed by atoms with Crippen LogP contribution < -0.4 is 11.1 Å². The molecule has 0 radical (unpaired) electrons. The summed E-state index contributed by atoms with van der Waals surface area (Å²) < 4.78 is 25.8. The van der Waals surface area contributed by atoms with Gasteiger partial charge in [-0.2, -0.15) is 11.8 Å². The minimum Gasteiger partial charge on any atom is -0.327 e. The van der Waals surface area contributed by atoms with Crippen LogP contribution in [0.15, 0.2) is 18.2 Å². The van der Waals surface area contributed by atoms with Gasteiger partial charge in [-0.1, -0.05) is 0 Å². The summed E-state index contributed by atoms with van der Waals surface area (Å²) in [6.07, 6.45) is 0. The normalized spacial score (nSPS) is 12.2. The summed E-state index contributed by atoms with van der Waals surface area (Å²) in [5, 5.41) is 2.37. The molecule has 1 rings (SSSR count). The summed E-state index contributed by atoms with van der Waals surface area (Å²) in [5.41, 5.74) is 5.50. The van der Waals surface area contributed by atoms with Crippen molar-refractivity contribution in [2.24, 2.45) is 5.73 Å².